The number of aliphatic carboxylic acids is 1. The Hall–Kier alpha value is -2.28. The number of benzene rings is 1. The quantitative estimate of drug-likeness (QED) is 0.817. The van der Waals surface area contributed by atoms with Crippen molar-refractivity contribution in [3.63, 3.8) is 0 Å². The number of amides is 1. The minimum absolute atomic E-state index is 0.119. The molecule has 24 heavy (non-hydrogen) atoms. The highest BCUT2D eigenvalue weighted by atomic mass is 79.9. The molecule has 2 rings (SSSR count). The van der Waals surface area contributed by atoms with E-state index in [1.807, 2.05) is 24.3 Å². The minimum Gasteiger partial charge on any atom is -0.481 e. The van der Waals surface area contributed by atoms with E-state index in [4.69, 9.17) is 5.11 Å². The molecule has 0 aliphatic carbocycles. The van der Waals surface area contributed by atoms with Gasteiger partial charge in [-0.05, 0) is 31.5 Å². The molecule has 0 unspecified atom stereocenters. The number of rotatable bonds is 6. The lowest BCUT2D eigenvalue weighted by molar-refractivity contribution is -0.137. The zero-order chi connectivity index (χ0) is 17.7. The Balaban J connectivity index is 2.27. The van der Waals surface area contributed by atoms with Crippen LogP contribution in [0.5, 0.6) is 0 Å². The van der Waals surface area contributed by atoms with Gasteiger partial charge in [0.05, 0.1) is 17.7 Å². The van der Waals surface area contributed by atoms with E-state index in [-0.39, 0.29) is 18.9 Å². The van der Waals surface area contributed by atoms with Crippen molar-refractivity contribution in [2.75, 3.05) is 6.54 Å². The summed E-state index contributed by atoms with van der Waals surface area (Å²) in [6, 6.07) is 7.56. The number of nitrogens with zero attached hydrogens (tertiary/aromatic N) is 3. The Bertz CT molecular complexity index is 764. The normalized spacial score (nSPS) is 10.5. The van der Waals surface area contributed by atoms with Crippen LogP contribution in [-0.4, -0.2) is 38.4 Å². The zero-order valence-corrected chi connectivity index (χ0v) is 15.1. The SMILES string of the molecule is Cc1ncc(C(=O)N(CCC(=O)O)Cc2cccc(Br)c2)c(C)n1. The lowest BCUT2D eigenvalue weighted by Gasteiger charge is -2.23. The van der Waals surface area contributed by atoms with Crippen molar-refractivity contribution >= 4 is 27.8 Å². The third-order valence-corrected chi connectivity index (χ3v) is 3.97. The van der Waals surface area contributed by atoms with Gasteiger partial charge in [-0.15, -0.1) is 0 Å². The Labute approximate surface area is 148 Å². The number of carbonyl (C=O) groups excluding carboxylic acids is 1. The topological polar surface area (TPSA) is 83.4 Å². The Morgan fingerprint density at radius 2 is 2.04 bits per heavy atom. The van der Waals surface area contributed by atoms with Gasteiger partial charge in [0.25, 0.3) is 5.91 Å². The number of aryl methyl sites for hydroxylation is 2. The molecule has 0 aliphatic rings. The van der Waals surface area contributed by atoms with Gasteiger partial charge in [-0.25, -0.2) is 9.97 Å². The van der Waals surface area contributed by atoms with Crippen LogP contribution in [-0.2, 0) is 11.3 Å². The Morgan fingerprint density at radius 1 is 1.29 bits per heavy atom. The molecule has 1 amide bonds. The fraction of sp³-hybridized carbons (Fsp3) is 0.294. The number of halogens is 1. The second-order valence-electron chi connectivity index (χ2n) is 5.42. The molecule has 0 bridgehead atoms. The number of aromatic nitrogens is 2. The summed E-state index contributed by atoms with van der Waals surface area (Å²) in [4.78, 5) is 33.5. The monoisotopic (exact) mass is 391 g/mol. The van der Waals surface area contributed by atoms with Crippen LogP contribution in [0.3, 0.4) is 0 Å². The predicted molar refractivity (Wildman–Crippen MR) is 92.6 cm³/mol. The molecule has 0 spiro atoms. The van der Waals surface area contributed by atoms with E-state index < -0.39 is 5.97 Å². The second-order valence-corrected chi connectivity index (χ2v) is 6.33. The van der Waals surface area contributed by atoms with Gasteiger partial charge in [-0.3, -0.25) is 9.59 Å². The molecular weight excluding hydrogens is 374 g/mol. The van der Waals surface area contributed by atoms with Crippen molar-refractivity contribution in [2.24, 2.45) is 0 Å². The summed E-state index contributed by atoms with van der Waals surface area (Å²) in [5.41, 5.74) is 1.89. The van der Waals surface area contributed by atoms with Crippen LogP contribution in [0.15, 0.2) is 34.9 Å². The van der Waals surface area contributed by atoms with Crippen molar-refractivity contribution in [1.29, 1.82) is 0 Å². The molecule has 1 aromatic heterocycles. The molecule has 2 aromatic rings. The standard InChI is InChI=1S/C17H18BrN3O3/c1-11-15(9-19-12(2)20-11)17(24)21(7-6-16(22)23)10-13-4-3-5-14(18)8-13/h3-5,8-9H,6-7,10H2,1-2H3,(H,22,23). The first-order valence-corrected chi connectivity index (χ1v) is 8.22. The van der Waals surface area contributed by atoms with Gasteiger partial charge < -0.3 is 10.0 Å². The minimum atomic E-state index is -0.945. The highest BCUT2D eigenvalue weighted by Gasteiger charge is 2.20. The highest BCUT2D eigenvalue weighted by Crippen LogP contribution is 2.16. The number of hydrogen-bond acceptors (Lipinski definition) is 4. The Morgan fingerprint density at radius 3 is 2.67 bits per heavy atom. The zero-order valence-electron chi connectivity index (χ0n) is 13.5. The molecule has 1 N–H and O–H groups in total. The number of carbonyl (C=O) groups is 2. The first kappa shape index (κ1) is 18.1. The average Bonchev–Trinajstić information content (AvgIpc) is 2.50. The summed E-state index contributed by atoms with van der Waals surface area (Å²) >= 11 is 3.40. The molecule has 0 atom stereocenters. The average molecular weight is 392 g/mol. The van der Waals surface area contributed by atoms with Crippen molar-refractivity contribution in [2.45, 2.75) is 26.8 Å². The van der Waals surface area contributed by atoms with Crippen LogP contribution in [0.1, 0.15) is 33.9 Å². The largest absolute Gasteiger partial charge is 0.481 e. The lowest BCUT2D eigenvalue weighted by Crippen LogP contribution is -2.33. The van der Waals surface area contributed by atoms with Crippen LogP contribution in [0.2, 0.25) is 0 Å². The molecule has 0 saturated heterocycles. The lowest BCUT2D eigenvalue weighted by atomic mass is 10.1. The highest BCUT2D eigenvalue weighted by molar-refractivity contribution is 9.10. The number of carboxylic acid groups (broad SMARTS) is 1. The summed E-state index contributed by atoms with van der Waals surface area (Å²) in [6.45, 7) is 3.94. The third kappa shape index (κ3) is 4.86. The van der Waals surface area contributed by atoms with Crippen molar-refractivity contribution in [1.82, 2.24) is 14.9 Å². The summed E-state index contributed by atoms with van der Waals surface area (Å²) in [6.07, 6.45) is 1.38. The van der Waals surface area contributed by atoms with E-state index in [1.165, 1.54) is 11.1 Å². The van der Waals surface area contributed by atoms with Gasteiger partial charge in [-0.1, -0.05) is 28.1 Å². The van der Waals surface area contributed by atoms with Gasteiger partial charge in [0.15, 0.2) is 0 Å². The van der Waals surface area contributed by atoms with E-state index >= 15 is 0 Å². The van der Waals surface area contributed by atoms with Gasteiger partial charge in [0.1, 0.15) is 5.82 Å². The predicted octanol–water partition coefficient (Wildman–Crippen LogP) is 2.97. The van der Waals surface area contributed by atoms with Crippen LogP contribution in [0, 0.1) is 13.8 Å². The van der Waals surface area contributed by atoms with Crippen LogP contribution < -0.4 is 0 Å². The van der Waals surface area contributed by atoms with Crippen LogP contribution in [0.4, 0.5) is 0 Å². The van der Waals surface area contributed by atoms with Gasteiger partial charge in [0, 0.05) is 23.8 Å². The van der Waals surface area contributed by atoms with Gasteiger partial charge >= 0.3 is 5.97 Å². The summed E-state index contributed by atoms with van der Waals surface area (Å²) < 4.78 is 0.903. The summed E-state index contributed by atoms with van der Waals surface area (Å²) in [5.74, 6) is -0.624. The van der Waals surface area contributed by atoms with Crippen LogP contribution in [0.25, 0.3) is 0 Å². The van der Waals surface area contributed by atoms with E-state index in [0.29, 0.717) is 23.6 Å². The molecule has 6 nitrogen and oxygen atoms in total. The van der Waals surface area contributed by atoms with Gasteiger partial charge in [0.2, 0.25) is 0 Å². The second kappa shape index (κ2) is 8.01. The van der Waals surface area contributed by atoms with Crippen molar-refractivity contribution in [3.8, 4) is 0 Å². The molecule has 0 radical (unpaired) electrons. The molecule has 0 aliphatic heterocycles. The van der Waals surface area contributed by atoms with E-state index in [9.17, 15) is 9.59 Å². The van der Waals surface area contributed by atoms with Crippen LogP contribution >= 0.6 is 15.9 Å². The summed E-state index contributed by atoms with van der Waals surface area (Å²) in [7, 11) is 0. The van der Waals surface area contributed by atoms with E-state index in [0.717, 1.165) is 10.0 Å². The summed E-state index contributed by atoms with van der Waals surface area (Å²) in [5, 5.41) is 8.95. The molecule has 1 aromatic carbocycles. The molecule has 7 heteroatoms. The first-order chi connectivity index (χ1) is 11.4. The number of hydrogen-bond donors (Lipinski definition) is 1. The fourth-order valence-corrected chi connectivity index (χ4v) is 2.75. The van der Waals surface area contributed by atoms with Crippen molar-refractivity contribution < 1.29 is 14.7 Å². The van der Waals surface area contributed by atoms with Gasteiger partial charge in [-0.2, -0.15) is 0 Å². The first-order valence-electron chi connectivity index (χ1n) is 7.42. The third-order valence-electron chi connectivity index (χ3n) is 3.48. The molecule has 0 fully saturated rings. The van der Waals surface area contributed by atoms with E-state index in [1.54, 1.807) is 13.8 Å². The maximum Gasteiger partial charge on any atom is 0.305 e. The fourth-order valence-electron chi connectivity index (χ4n) is 2.30. The molecule has 0 saturated carbocycles. The Kier molecular flexibility index (Phi) is 6.03. The smallest absolute Gasteiger partial charge is 0.305 e. The van der Waals surface area contributed by atoms with Crippen molar-refractivity contribution in [3.05, 3.63) is 57.6 Å². The van der Waals surface area contributed by atoms with E-state index in [2.05, 4.69) is 25.9 Å². The maximum absolute atomic E-state index is 12.8. The molecule has 126 valence electrons. The maximum atomic E-state index is 12.8. The number of carboxylic acids is 1. The molecule has 1 heterocycles. The molecular formula is C17H18BrN3O3.